The van der Waals surface area contributed by atoms with Gasteiger partial charge in [-0.2, -0.15) is 13.2 Å². The number of carbonyl (C=O) groups is 1. The number of hydrogen-bond acceptors (Lipinski definition) is 2. The molecule has 8 heteroatoms. The van der Waals surface area contributed by atoms with E-state index < -0.39 is 24.2 Å². The summed E-state index contributed by atoms with van der Waals surface area (Å²) >= 11 is 11.8. The molecular weight excluding hydrogens is 342 g/mol. The molecule has 0 atom stereocenters. The predicted molar refractivity (Wildman–Crippen MR) is 79.1 cm³/mol. The van der Waals surface area contributed by atoms with E-state index in [4.69, 9.17) is 23.2 Å². The van der Waals surface area contributed by atoms with Gasteiger partial charge in [0.1, 0.15) is 6.61 Å². The van der Waals surface area contributed by atoms with Crippen LogP contribution in [0.3, 0.4) is 0 Å². The van der Waals surface area contributed by atoms with E-state index in [0.29, 0.717) is 10.0 Å². The number of amides is 1. The first-order valence-corrected chi connectivity index (χ1v) is 7.18. The van der Waals surface area contributed by atoms with Crippen LogP contribution in [0.5, 0.6) is 0 Å². The molecule has 0 bridgehead atoms. The maximum atomic E-state index is 11.9. The first-order valence-electron chi connectivity index (χ1n) is 6.42. The molecule has 0 radical (unpaired) electrons. The van der Waals surface area contributed by atoms with E-state index in [2.05, 4.69) is 10.1 Å². The molecule has 1 N–H and O–H groups in total. The van der Waals surface area contributed by atoms with Gasteiger partial charge in [0.2, 0.25) is 5.91 Å². The van der Waals surface area contributed by atoms with Gasteiger partial charge in [0.25, 0.3) is 0 Å². The third-order valence-electron chi connectivity index (χ3n) is 2.83. The molecule has 0 aliphatic rings. The summed E-state index contributed by atoms with van der Waals surface area (Å²) in [6.07, 6.45) is -4.56. The second-order valence-corrected chi connectivity index (χ2v) is 6.03. The molecule has 0 aromatic heterocycles. The zero-order valence-corrected chi connectivity index (χ0v) is 13.6. The number of benzene rings is 1. The van der Waals surface area contributed by atoms with Crippen molar-refractivity contribution in [1.82, 2.24) is 5.32 Å². The summed E-state index contributed by atoms with van der Waals surface area (Å²) in [4.78, 5) is 11.8. The molecule has 0 aliphatic carbocycles. The summed E-state index contributed by atoms with van der Waals surface area (Å²) in [5, 5.41) is 3.47. The van der Waals surface area contributed by atoms with Gasteiger partial charge in [-0.25, -0.2) is 0 Å². The largest absolute Gasteiger partial charge is 0.411 e. The van der Waals surface area contributed by atoms with Crippen LogP contribution in [0.1, 0.15) is 25.8 Å². The van der Waals surface area contributed by atoms with Gasteiger partial charge in [-0.05, 0) is 31.5 Å². The van der Waals surface area contributed by atoms with Crippen molar-refractivity contribution in [1.29, 1.82) is 0 Å². The quantitative estimate of drug-likeness (QED) is 0.770. The molecule has 0 saturated heterocycles. The van der Waals surface area contributed by atoms with E-state index in [1.165, 1.54) is 0 Å². The fraction of sp³-hybridized carbons (Fsp3) is 0.500. The van der Waals surface area contributed by atoms with Crippen molar-refractivity contribution in [2.45, 2.75) is 32.0 Å². The van der Waals surface area contributed by atoms with Gasteiger partial charge >= 0.3 is 6.18 Å². The second-order valence-electron chi connectivity index (χ2n) is 5.22. The monoisotopic (exact) mass is 357 g/mol. The molecule has 1 aromatic carbocycles. The van der Waals surface area contributed by atoms with E-state index in [-0.39, 0.29) is 13.0 Å². The summed E-state index contributed by atoms with van der Waals surface area (Å²) in [7, 11) is 0. The van der Waals surface area contributed by atoms with E-state index in [1.54, 1.807) is 32.0 Å². The SMILES string of the molecule is CC(C)(NC(=O)CCOCC(F)(F)F)c1ccc(Cl)c(Cl)c1. The zero-order valence-electron chi connectivity index (χ0n) is 12.1. The van der Waals surface area contributed by atoms with Crippen LogP contribution in [0, 0.1) is 0 Å². The smallest absolute Gasteiger partial charge is 0.372 e. The first-order chi connectivity index (χ1) is 10.0. The Morgan fingerprint density at radius 1 is 1.23 bits per heavy atom. The standard InChI is InChI=1S/C14H16Cl2F3NO2/c1-13(2,9-3-4-10(15)11(16)7-9)20-12(21)5-6-22-8-14(17,18)19/h3-4,7H,5-6,8H2,1-2H3,(H,20,21). The van der Waals surface area contributed by atoms with Gasteiger partial charge in [-0.3, -0.25) is 4.79 Å². The Hall–Kier alpha value is -0.980. The zero-order chi connectivity index (χ0) is 17.0. The number of rotatable bonds is 6. The normalized spacial score (nSPS) is 12.3. The molecule has 0 saturated carbocycles. The maximum Gasteiger partial charge on any atom is 0.411 e. The van der Waals surface area contributed by atoms with Crippen molar-refractivity contribution in [2.24, 2.45) is 0 Å². The Labute approximate surface area is 136 Å². The van der Waals surface area contributed by atoms with Gasteiger partial charge in [-0.15, -0.1) is 0 Å². The lowest BCUT2D eigenvalue weighted by atomic mass is 9.94. The van der Waals surface area contributed by atoms with Crippen molar-refractivity contribution in [3.8, 4) is 0 Å². The van der Waals surface area contributed by atoms with Crippen molar-refractivity contribution in [3.63, 3.8) is 0 Å². The molecule has 0 unspecified atom stereocenters. The van der Waals surface area contributed by atoms with E-state index in [0.717, 1.165) is 5.56 Å². The average molecular weight is 358 g/mol. The number of hydrogen-bond donors (Lipinski definition) is 1. The van der Waals surface area contributed by atoms with Crippen LogP contribution < -0.4 is 5.32 Å². The summed E-state index contributed by atoms with van der Waals surface area (Å²) in [6, 6.07) is 4.96. The molecule has 0 aliphatic heterocycles. The Bertz CT molecular complexity index is 533. The summed E-state index contributed by atoms with van der Waals surface area (Å²) in [6.45, 7) is 1.83. The Balaban J connectivity index is 2.53. The highest BCUT2D eigenvalue weighted by Gasteiger charge is 2.28. The van der Waals surface area contributed by atoms with Gasteiger partial charge in [0.15, 0.2) is 0 Å². The number of halogens is 5. The Morgan fingerprint density at radius 2 is 1.86 bits per heavy atom. The highest BCUT2D eigenvalue weighted by Crippen LogP contribution is 2.28. The topological polar surface area (TPSA) is 38.3 Å². The van der Waals surface area contributed by atoms with E-state index >= 15 is 0 Å². The van der Waals surface area contributed by atoms with Crippen LogP contribution >= 0.6 is 23.2 Å². The highest BCUT2D eigenvalue weighted by molar-refractivity contribution is 6.42. The lowest BCUT2D eigenvalue weighted by Gasteiger charge is -2.27. The molecular formula is C14H16Cl2F3NO2. The number of alkyl halides is 3. The highest BCUT2D eigenvalue weighted by atomic mass is 35.5. The lowest BCUT2D eigenvalue weighted by molar-refractivity contribution is -0.174. The van der Waals surface area contributed by atoms with Crippen molar-refractivity contribution < 1.29 is 22.7 Å². The van der Waals surface area contributed by atoms with Crippen LogP contribution in [-0.2, 0) is 15.1 Å². The molecule has 1 aromatic rings. The maximum absolute atomic E-state index is 11.9. The minimum atomic E-state index is -4.39. The van der Waals surface area contributed by atoms with Crippen molar-refractivity contribution in [2.75, 3.05) is 13.2 Å². The molecule has 124 valence electrons. The van der Waals surface area contributed by atoms with Gasteiger partial charge < -0.3 is 10.1 Å². The van der Waals surface area contributed by atoms with Gasteiger partial charge in [-0.1, -0.05) is 29.3 Å². The second kappa shape index (κ2) is 7.53. The van der Waals surface area contributed by atoms with Crippen LogP contribution in [0.15, 0.2) is 18.2 Å². The molecule has 0 heterocycles. The molecule has 0 fully saturated rings. The van der Waals surface area contributed by atoms with E-state index in [9.17, 15) is 18.0 Å². The fourth-order valence-electron chi connectivity index (χ4n) is 1.72. The lowest BCUT2D eigenvalue weighted by Crippen LogP contribution is -2.41. The first kappa shape index (κ1) is 19.1. The van der Waals surface area contributed by atoms with Crippen LogP contribution in [0.2, 0.25) is 10.0 Å². The van der Waals surface area contributed by atoms with Gasteiger partial charge in [0.05, 0.1) is 22.2 Å². The average Bonchev–Trinajstić information content (AvgIpc) is 2.36. The van der Waals surface area contributed by atoms with Crippen LogP contribution in [0.4, 0.5) is 13.2 Å². The predicted octanol–water partition coefficient (Wildman–Crippen LogP) is 4.31. The minimum absolute atomic E-state index is 0.166. The third kappa shape index (κ3) is 6.42. The summed E-state index contributed by atoms with van der Waals surface area (Å²) in [5.74, 6) is -0.418. The molecule has 0 spiro atoms. The number of carbonyl (C=O) groups excluding carboxylic acids is 1. The van der Waals surface area contributed by atoms with Crippen LogP contribution in [0.25, 0.3) is 0 Å². The number of nitrogens with one attached hydrogen (secondary N) is 1. The van der Waals surface area contributed by atoms with E-state index in [1.807, 2.05) is 0 Å². The van der Waals surface area contributed by atoms with Crippen molar-refractivity contribution >= 4 is 29.1 Å². The van der Waals surface area contributed by atoms with Crippen molar-refractivity contribution in [3.05, 3.63) is 33.8 Å². The number of ether oxygens (including phenoxy) is 1. The fourth-order valence-corrected chi connectivity index (χ4v) is 2.02. The third-order valence-corrected chi connectivity index (χ3v) is 3.57. The minimum Gasteiger partial charge on any atom is -0.372 e. The molecule has 3 nitrogen and oxygen atoms in total. The molecule has 22 heavy (non-hydrogen) atoms. The summed E-state index contributed by atoms with van der Waals surface area (Å²) < 4.78 is 40.1. The molecule has 1 rings (SSSR count). The van der Waals surface area contributed by atoms with Crippen LogP contribution in [-0.4, -0.2) is 25.3 Å². The Morgan fingerprint density at radius 3 is 2.41 bits per heavy atom. The van der Waals surface area contributed by atoms with Gasteiger partial charge in [0, 0.05) is 6.42 Å². The Kier molecular flexibility index (Phi) is 6.52. The molecule has 1 amide bonds. The summed E-state index contributed by atoms with van der Waals surface area (Å²) in [5.41, 5.74) is -0.0125.